The summed E-state index contributed by atoms with van der Waals surface area (Å²) in [6.07, 6.45) is 1.95. The SMILES string of the molecule is CCC(N)(CC)CNC(=O)Cc1csc(-c2ccc(Cl)s2)n1.Cl.Cl. The Morgan fingerprint density at radius 2 is 2.00 bits per heavy atom. The van der Waals surface area contributed by atoms with Gasteiger partial charge in [-0.2, -0.15) is 0 Å². The second-order valence-electron chi connectivity index (χ2n) is 5.27. The van der Waals surface area contributed by atoms with Gasteiger partial charge in [-0.3, -0.25) is 4.79 Å². The molecule has 2 aromatic heterocycles. The molecule has 0 spiro atoms. The van der Waals surface area contributed by atoms with Crippen molar-refractivity contribution >= 4 is 65.0 Å². The molecule has 24 heavy (non-hydrogen) atoms. The molecule has 0 radical (unpaired) electrons. The molecule has 0 fully saturated rings. The van der Waals surface area contributed by atoms with Crippen LogP contribution in [0.3, 0.4) is 0 Å². The van der Waals surface area contributed by atoms with E-state index in [1.54, 1.807) is 0 Å². The lowest BCUT2D eigenvalue weighted by Crippen LogP contribution is -2.49. The molecule has 0 bridgehead atoms. The number of thiophene rings is 1. The number of hydrogen-bond donors (Lipinski definition) is 2. The molecule has 0 aromatic carbocycles. The molecule has 0 aliphatic heterocycles. The number of nitrogens with zero attached hydrogens (tertiary/aromatic N) is 1. The van der Waals surface area contributed by atoms with Crippen LogP contribution in [0.2, 0.25) is 4.34 Å². The highest BCUT2D eigenvalue weighted by molar-refractivity contribution is 7.23. The third-order valence-electron chi connectivity index (χ3n) is 3.72. The summed E-state index contributed by atoms with van der Waals surface area (Å²) in [5, 5.41) is 5.72. The van der Waals surface area contributed by atoms with Gasteiger partial charge in [0.2, 0.25) is 5.91 Å². The van der Waals surface area contributed by atoms with Crippen LogP contribution in [0, 0.1) is 0 Å². The predicted octanol–water partition coefficient (Wildman–Crippen LogP) is 4.54. The van der Waals surface area contributed by atoms with Crippen molar-refractivity contribution < 1.29 is 4.79 Å². The highest BCUT2D eigenvalue weighted by atomic mass is 35.5. The Balaban J connectivity index is 0.00000264. The number of nitrogens with one attached hydrogen (secondary N) is 1. The molecule has 0 aliphatic rings. The van der Waals surface area contributed by atoms with Gasteiger partial charge in [0.15, 0.2) is 0 Å². The molecule has 2 heterocycles. The summed E-state index contributed by atoms with van der Waals surface area (Å²) in [5.41, 5.74) is 6.63. The van der Waals surface area contributed by atoms with E-state index in [-0.39, 0.29) is 42.7 Å². The molecule has 3 N–H and O–H groups in total. The average Bonchev–Trinajstić information content (AvgIpc) is 3.14. The van der Waals surface area contributed by atoms with Gasteiger partial charge in [0, 0.05) is 17.5 Å². The van der Waals surface area contributed by atoms with Crippen LogP contribution in [0.5, 0.6) is 0 Å². The minimum absolute atomic E-state index is 0. The first-order valence-corrected chi connectivity index (χ1v) is 9.29. The summed E-state index contributed by atoms with van der Waals surface area (Å²) < 4.78 is 0.739. The van der Waals surface area contributed by atoms with Crippen molar-refractivity contribution in [2.24, 2.45) is 5.73 Å². The second kappa shape index (κ2) is 10.6. The summed E-state index contributed by atoms with van der Waals surface area (Å²) in [6, 6.07) is 3.80. The molecule has 0 unspecified atom stereocenters. The molecule has 1 amide bonds. The van der Waals surface area contributed by atoms with E-state index >= 15 is 0 Å². The van der Waals surface area contributed by atoms with Gasteiger partial charge in [-0.05, 0) is 25.0 Å². The van der Waals surface area contributed by atoms with Crippen LogP contribution >= 0.6 is 59.1 Å². The van der Waals surface area contributed by atoms with Gasteiger partial charge in [0.1, 0.15) is 5.01 Å². The fraction of sp³-hybridized carbons (Fsp3) is 0.467. The number of nitrogens with two attached hydrogens (primary N) is 1. The van der Waals surface area contributed by atoms with Gasteiger partial charge >= 0.3 is 0 Å². The fourth-order valence-corrected chi connectivity index (χ4v) is 3.87. The number of hydrogen-bond acceptors (Lipinski definition) is 5. The smallest absolute Gasteiger partial charge is 0.226 e. The minimum atomic E-state index is -0.323. The maximum Gasteiger partial charge on any atom is 0.226 e. The van der Waals surface area contributed by atoms with Crippen LogP contribution < -0.4 is 11.1 Å². The van der Waals surface area contributed by atoms with Gasteiger partial charge in [0.25, 0.3) is 0 Å². The lowest BCUT2D eigenvalue weighted by Gasteiger charge is -2.26. The van der Waals surface area contributed by atoms with Crippen molar-refractivity contribution in [2.45, 2.75) is 38.6 Å². The number of halogens is 3. The first-order chi connectivity index (χ1) is 10.5. The second-order valence-corrected chi connectivity index (χ2v) is 7.84. The summed E-state index contributed by atoms with van der Waals surface area (Å²) in [5.74, 6) is -0.0437. The van der Waals surface area contributed by atoms with E-state index in [4.69, 9.17) is 17.3 Å². The first-order valence-electron chi connectivity index (χ1n) is 7.21. The Bertz CT molecular complexity index is 641. The Morgan fingerprint density at radius 3 is 2.54 bits per heavy atom. The minimum Gasteiger partial charge on any atom is -0.354 e. The van der Waals surface area contributed by atoms with Crippen molar-refractivity contribution in [1.82, 2.24) is 10.3 Å². The van der Waals surface area contributed by atoms with E-state index < -0.39 is 0 Å². The largest absolute Gasteiger partial charge is 0.354 e. The number of carbonyl (C=O) groups is 1. The van der Waals surface area contributed by atoms with E-state index in [0.29, 0.717) is 6.54 Å². The highest BCUT2D eigenvalue weighted by Crippen LogP contribution is 2.32. The number of thiazole rings is 1. The lowest BCUT2D eigenvalue weighted by molar-refractivity contribution is -0.120. The molecule has 2 rings (SSSR count). The maximum atomic E-state index is 12.0. The molecule has 136 valence electrons. The molecular weight excluding hydrogens is 409 g/mol. The fourth-order valence-electron chi connectivity index (χ4n) is 1.93. The van der Waals surface area contributed by atoms with Gasteiger partial charge in [-0.15, -0.1) is 47.5 Å². The Kier molecular flexibility index (Phi) is 10.4. The van der Waals surface area contributed by atoms with Crippen molar-refractivity contribution in [1.29, 1.82) is 0 Å². The molecule has 2 aromatic rings. The molecular formula is C15H22Cl3N3OS2. The third-order valence-corrected chi connectivity index (χ3v) is 6.01. The average molecular weight is 431 g/mol. The zero-order valence-electron chi connectivity index (χ0n) is 13.5. The van der Waals surface area contributed by atoms with Crippen LogP contribution in [0.15, 0.2) is 17.5 Å². The Hall–Kier alpha value is -0.370. The van der Waals surface area contributed by atoms with E-state index in [9.17, 15) is 4.79 Å². The van der Waals surface area contributed by atoms with Crippen molar-refractivity contribution in [3.8, 4) is 9.88 Å². The summed E-state index contributed by atoms with van der Waals surface area (Å²) in [4.78, 5) is 17.5. The highest BCUT2D eigenvalue weighted by Gasteiger charge is 2.21. The Labute approximate surface area is 168 Å². The summed E-state index contributed by atoms with van der Waals surface area (Å²) in [6.45, 7) is 4.57. The number of carbonyl (C=O) groups excluding carboxylic acids is 1. The molecule has 0 saturated heterocycles. The summed E-state index contributed by atoms with van der Waals surface area (Å²) >= 11 is 8.95. The van der Waals surface area contributed by atoms with E-state index in [0.717, 1.165) is 32.8 Å². The van der Waals surface area contributed by atoms with Gasteiger partial charge in [-0.1, -0.05) is 25.4 Å². The van der Waals surface area contributed by atoms with Crippen molar-refractivity contribution in [3.05, 3.63) is 27.5 Å². The molecule has 9 heteroatoms. The molecule has 0 aliphatic carbocycles. The van der Waals surface area contributed by atoms with Crippen LogP contribution in [0.25, 0.3) is 9.88 Å². The van der Waals surface area contributed by atoms with Crippen LogP contribution in [-0.2, 0) is 11.2 Å². The lowest BCUT2D eigenvalue weighted by atomic mass is 9.94. The van der Waals surface area contributed by atoms with Crippen molar-refractivity contribution in [3.63, 3.8) is 0 Å². The van der Waals surface area contributed by atoms with Crippen LogP contribution in [-0.4, -0.2) is 23.0 Å². The van der Waals surface area contributed by atoms with Crippen LogP contribution in [0.1, 0.15) is 32.4 Å². The van der Waals surface area contributed by atoms with E-state index in [1.165, 1.54) is 22.7 Å². The van der Waals surface area contributed by atoms with Gasteiger partial charge in [0.05, 0.1) is 21.3 Å². The molecule has 4 nitrogen and oxygen atoms in total. The maximum absolute atomic E-state index is 12.0. The van der Waals surface area contributed by atoms with E-state index in [2.05, 4.69) is 10.3 Å². The number of amides is 1. The molecule has 0 atom stereocenters. The topological polar surface area (TPSA) is 68.0 Å². The zero-order chi connectivity index (χ0) is 16.2. The quantitative estimate of drug-likeness (QED) is 0.677. The predicted molar refractivity (Wildman–Crippen MR) is 109 cm³/mol. The monoisotopic (exact) mass is 429 g/mol. The Morgan fingerprint density at radius 1 is 1.33 bits per heavy atom. The third kappa shape index (κ3) is 6.50. The number of aromatic nitrogens is 1. The van der Waals surface area contributed by atoms with Gasteiger partial charge < -0.3 is 11.1 Å². The van der Waals surface area contributed by atoms with E-state index in [1.807, 2.05) is 31.4 Å². The van der Waals surface area contributed by atoms with Crippen LogP contribution in [0.4, 0.5) is 0 Å². The van der Waals surface area contributed by atoms with Crippen molar-refractivity contribution in [2.75, 3.05) is 6.54 Å². The number of rotatable bonds is 7. The first kappa shape index (κ1) is 23.6. The van der Waals surface area contributed by atoms with Gasteiger partial charge in [-0.25, -0.2) is 4.98 Å². The standard InChI is InChI=1S/C15H20ClN3OS2.2ClH/c1-3-15(17,4-2)9-18-13(20)7-10-8-21-14(19-10)11-5-6-12(16)22-11;;/h5-6,8H,3-4,7,9,17H2,1-2H3,(H,18,20);2*1H. The zero-order valence-corrected chi connectivity index (χ0v) is 17.5. The molecule has 0 saturated carbocycles. The summed E-state index contributed by atoms with van der Waals surface area (Å²) in [7, 11) is 0. The normalized spacial score (nSPS) is 10.7.